The van der Waals surface area contributed by atoms with Crippen LogP contribution >= 0.6 is 11.3 Å². The molecule has 0 aliphatic carbocycles. The average molecular weight is 477 g/mol. The molecule has 9 heteroatoms. The summed E-state index contributed by atoms with van der Waals surface area (Å²) < 4.78 is 0. The van der Waals surface area contributed by atoms with Gasteiger partial charge in [0, 0.05) is 33.6 Å². The van der Waals surface area contributed by atoms with Crippen molar-refractivity contribution in [2.24, 2.45) is 0 Å². The van der Waals surface area contributed by atoms with Crippen molar-refractivity contribution in [2.45, 2.75) is 13.0 Å². The van der Waals surface area contributed by atoms with Crippen LogP contribution in [0.15, 0.2) is 60.0 Å². The number of hydrogen-bond acceptors (Lipinski definition) is 6. The van der Waals surface area contributed by atoms with Gasteiger partial charge in [0.15, 0.2) is 5.82 Å². The SMILES string of the molecule is CN(C)CCCNc1ccc(C(=O)Nc2n[nH]c3ccc(C(=O)NCc4cccs4)cc23)cc1. The molecule has 2 aromatic carbocycles. The molecule has 2 aromatic heterocycles. The predicted octanol–water partition coefficient (Wildman–Crippen LogP) is 4.17. The van der Waals surface area contributed by atoms with Crippen molar-refractivity contribution >= 4 is 45.6 Å². The molecule has 0 saturated carbocycles. The summed E-state index contributed by atoms with van der Waals surface area (Å²) in [4.78, 5) is 28.6. The Morgan fingerprint density at radius 3 is 2.56 bits per heavy atom. The van der Waals surface area contributed by atoms with E-state index in [1.54, 1.807) is 41.7 Å². The number of benzene rings is 2. The van der Waals surface area contributed by atoms with Crippen LogP contribution in [0, 0.1) is 0 Å². The van der Waals surface area contributed by atoms with Gasteiger partial charge in [-0.05, 0) is 81.0 Å². The quantitative estimate of drug-likeness (QED) is 0.257. The van der Waals surface area contributed by atoms with Crippen LogP contribution in [0.3, 0.4) is 0 Å². The van der Waals surface area contributed by atoms with Gasteiger partial charge < -0.3 is 20.9 Å². The van der Waals surface area contributed by atoms with E-state index in [1.807, 2.05) is 29.6 Å². The Kier molecular flexibility index (Phi) is 7.56. The first-order valence-electron chi connectivity index (χ1n) is 11.1. The molecule has 0 atom stereocenters. The smallest absolute Gasteiger partial charge is 0.256 e. The van der Waals surface area contributed by atoms with Crippen LogP contribution in [0.4, 0.5) is 11.5 Å². The fraction of sp³-hybridized carbons (Fsp3) is 0.240. The lowest BCUT2D eigenvalue weighted by atomic mass is 10.1. The lowest BCUT2D eigenvalue weighted by molar-refractivity contribution is 0.0950. The molecule has 0 unspecified atom stereocenters. The van der Waals surface area contributed by atoms with Crippen LogP contribution < -0.4 is 16.0 Å². The molecule has 4 rings (SSSR count). The van der Waals surface area contributed by atoms with Gasteiger partial charge in [-0.25, -0.2) is 0 Å². The topological polar surface area (TPSA) is 102 Å². The second kappa shape index (κ2) is 11.0. The first-order valence-corrected chi connectivity index (χ1v) is 12.0. The number of thiophene rings is 1. The number of H-pyrrole nitrogens is 1. The van der Waals surface area contributed by atoms with Gasteiger partial charge >= 0.3 is 0 Å². The first kappa shape index (κ1) is 23.5. The maximum absolute atomic E-state index is 12.8. The highest BCUT2D eigenvalue weighted by molar-refractivity contribution is 7.09. The van der Waals surface area contributed by atoms with Gasteiger partial charge in [-0.1, -0.05) is 6.07 Å². The van der Waals surface area contributed by atoms with E-state index >= 15 is 0 Å². The van der Waals surface area contributed by atoms with Crippen molar-refractivity contribution in [3.05, 3.63) is 76.0 Å². The summed E-state index contributed by atoms with van der Waals surface area (Å²) in [6.45, 7) is 2.36. The molecule has 8 nitrogen and oxygen atoms in total. The molecule has 0 saturated heterocycles. The molecular formula is C25H28N6O2S. The van der Waals surface area contributed by atoms with E-state index in [9.17, 15) is 9.59 Å². The molecule has 2 heterocycles. The highest BCUT2D eigenvalue weighted by Crippen LogP contribution is 2.23. The number of aromatic nitrogens is 2. The zero-order valence-corrected chi connectivity index (χ0v) is 20.0. The van der Waals surface area contributed by atoms with Crippen molar-refractivity contribution in [3.63, 3.8) is 0 Å². The van der Waals surface area contributed by atoms with E-state index < -0.39 is 0 Å². The van der Waals surface area contributed by atoms with E-state index in [2.05, 4.69) is 45.1 Å². The van der Waals surface area contributed by atoms with Crippen molar-refractivity contribution in [1.82, 2.24) is 20.4 Å². The first-order chi connectivity index (χ1) is 16.5. The van der Waals surface area contributed by atoms with Crippen LogP contribution in [-0.2, 0) is 6.54 Å². The second-order valence-electron chi connectivity index (χ2n) is 8.21. The van der Waals surface area contributed by atoms with Crippen LogP contribution in [0.25, 0.3) is 10.9 Å². The van der Waals surface area contributed by atoms with Gasteiger partial charge in [-0.2, -0.15) is 5.10 Å². The minimum Gasteiger partial charge on any atom is -0.385 e. The molecule has 0 fully saturated rings. The van der Waals surface area contributed by atoms with Gasteiger partial charge in [0.1, 0.15) is 0 Å². The number of anilines is 2. The summed E-state index contributed by atoms with van der Waals surface area (Å²) in [5.41, 5.74) is 2.74. The lowest BCUT2D eigenvalue weighted by Gasteiger charge is -2.11. The Morgan fingerprint density at radius 1 is 1.03 bits per heavy atom. The number of amides is 2. The van der Waals surface area contributed by atoms with Gasteiger partial charge in [0.2, 0.25) is 0 Å². The number of carbonyl (C=O) groups is 2. The standard InChI is InChI=1S/C25H28N6O2S/c1-31(2)13-4-12-26-19-9-6-17(7-10-19)25(33)28-23-21-15-18(8-11-22(21)29-30-23)24(32)27-16-20-5-3-14-34-20/h3,5-11,14-15,26H,4,12-13,16H2,1-2H3,(H,27,32)(H2,28,29,30,33). The molecule has 0 aliphatic rings. The molecule has 2 amide bonds. The number of nitrogens with zero attached hydrogens (tertiary/aromatic N) is 2. The maximum atomic E-state index is 12.8. The number of fused-ring (bicyclic) bond motifs is 1. The normalized spacial score (nSPS) is 11.0. The van der Waals surface area contributed by atoms with Crippen molar-refractivity contribution in [2.75, 3.05) is 37.8 Å². The summed E-state index contributed by atoms with van der Waals surface area (Å²) in [5.74, 6) is -0.0543. The third-order valence-electron chi connectivity index (χ3n) is 5.32. The zero-order valence-electron chi connectivity index (χ0n) is 19.2. The summed E-state index contributed by atoms with van der Waals surface area (Å²) in [6.07, 6.45) is 1.04. The van der Waals surface area contributed by atoms with Crippen molar-refractivity contribution < 1.29 is 9.59 Å². The Morgan fingerprint density at radius 2 is 1.82 bits per heavy atom. The summed E-state index contributed by atoms with van der Waals surface area (Å²) in [7, 11) is 4.11. The molecule has 0 aliphatic heterocycles. The highest BCUT2D eigenvalue weighted by atomic mass is 32.1. The Balaban J connectivity index is 1.39. The average Bonchev–Trinajstić information content (AvgIpc) is 3.50. The maximum Gasteiger partial charge on any atom is 0.256 e. The van der Waals surface area contributed by atoms with Crippen molar-refractivity contribution in [1.29, 1.82) is 0 Å². The summed E-state index contributed by atoms with van der Waals surface area (Å²) in [5, 5.41) is 18.9. The van der Waals surface area contributed by atoms with E-state index in [1.165, 1.54) is 0 Å². The Hall–Kier alpha value is -3.69. The number of aromatic amines is 1. The van der Waals surface area contributed by atoms with E-state index in [4.69, 9.17) is 0 Å². The number of rotatable bonds is 10. The van der Waals surface area contributed by atoms with Gasteiger partial charge in [0.05, 0.1) is 12.1 Å². The third kappa shape index (κ3) is 6.00. The molecule has 34 heavy (non-hydrogen) atoms. The lowest BCUT2D eigenvalue weighted by Crippen LogP contribution is -2.22. The molecule has 0 spiro atoms. The molecule has 4 N–H and O–H groups in total. The van der Waals surface area contributed by atoms with Gasteiger partial charge in [-0.3, -0.25) is 14.7 Å². The Bertz CT molecular complexity index is 1250. The molecule has 176 valence electrons. The third-order valence-corrected chi connectivity index (χ3v) is 6.19. The van der Waals surface area contributed by atoms with Gasteiger partial charge in [-0.15, -0.1) is 11.3 Å². The molecule has 4 aromatic rings. The Labute approximate surface area is 202 Å². The minimum absolute atomic E-state index is 0.178. The molecule has 0 bridgehead atoms. The van der Waals surface area contributed by atoms with E-state index in [0.29, 0.717) is 28.9 Å². The van der Waals surface area contributed by atoms with Crippen molar-refractivity contribution in [3.8, 4) is 0 Å². The number of carbonyl (C=O) groups excluding carboxylic acids is 2. The van der Waals surface area contributed by atoms with Crippen LogP contribution in [-0.4, -0.2) is 54.1 Å². The van der Waals surface area contributed by atoms with E-state index in [-0.39, 0.29) is 11.8 Å². The van der Waals surface area contributed by atoms with Crippen LogP contribution in [0.2, 0.25) is 0 Å². The number of nitrogens with one attached hydrogen (secondary N) is 4. The summed E-state index contributed by atoms with van der Waals surface area (Å²) >= 11 is 1.59. The monoisotopic (exact) mass is 476 g/mol. The predicted molar refractivity (Wildman–Crippen MR) is 138 cm³/mol. The van der Waals surface area contributed by atoms with Crippen LogP contribution in [0.1, 0.15) is 32.0 Å². The highest BCUT2D eigenvalue weighted by Gasteiger charge is 2.14. The molecule has 0 radical (unpaired) electrons. The van der Waals surface area contributed by atoms with Gasteiger partial charge in [0.25, 0.3) is 11.8 Å². The van der Waals surface area contributed by atoms with E-state index in [0.717, 1.165) is 35.6 Å². The fourth-order valence-corrected chi connectivity index (χ4v) is 4.12. The minimum atomic E-state index is -0.264. The zero-order chi connectivity index (χ0) is 23.9. The number of hydrogen-bond donors (Lipinski definition) is 4. The van der Waals surface area contributed by atoms with Crippen LogP contribution in [0.5, 0.6) is 0 Å². The summed E-state index contributed by atoms with van der Waals surface area (Å²) in [6, 6.07) is 16.5. The fourth-order valence-electron chi connectivity index (χ4n) is 3.48. The largest absolute Gasteiger partial charge is 0.385 e. The second-order valence-corrected chi connectivity index (χ2v) is 9.24. The molecular weight excluding hydrogens is 448 g/mol.